The van der Waals surface area contributed by atoms with Gasteiger partial charge in [0.1, 0.15) is 6.04 Å². The Hall–Kier alpha value is -1.60. The van der Waals surface area contributed by atoms with E-state index in [2.05, 4.69) is 0 Å². The third-order valence-corrected chi connectivity index (χ3v) is 4.85. The fraction of sp³-hybridized carbons (Fsp3) is 0.357. The van der Waals surface area contributed by atoms with Crippen molar-refractivity contribution in [3.63, 3.8) is 0 Å². The van der Waals surface area contributed by atoms with E-state index in [-0.39, 0.29) is 6.61 Å². The predicted octanol–water partition coefficient (Wildman–Crippen LogP) is 3.04. The third-order valence-electron chi connectivity index (χ3n) is 3.00. The molecule has 1 aromatic rings. The summed E-state index contributed by atoms with van der Waals surface area (Å²) >= 11 is 2.35. The molecule has 0 spiro atoms. The lowest BCUT2D eigenvalue weighted by Crippen LogP contribution is -2.42. The van der Waals surface area contributed by atoms with Crippen LogP contribution in [0.15, 0.2) is 16.4 Å². The van der Waals surface area contributed by atoms with Crippen molar-refractivity contribution in [1.82, 2.24) is 4.90 Å². The first-order valence-corrected chi connectivity index (χ1v) is 8.13. The molecule has 1 aliphatic rings. The Morgan fingerprint density at radius 2 is 2.19 bits per heavy atom. The largest absolute Gasteiger partial charge is 0.464 e. The minimum absolute atomic E-state index is 0.212. The van der Waals surface area contributed by atoms with Crippen molar-refractivity contribution in [2.45, 2.75) is 26.8 Å². The molecule has 0 aliphatic carbocycles. The molecule has 0 radical (unpaired) electrons. The molecule has 112 valence electrons. The van der Waals surface area contributed by atoms with Crippen LogP contribution in [-0.2, 0) is 14.3 Å². The molecule has 21 heavy (non-hydrogen) atoms. The summed E-state index contributed by atoms with van der Waals surface area (Å²) in [7, 11) is 0. The number of hydrogen-bond acceptors (Lipinski definition) is 6. The number of aryl methyl sites for hydroxylation is 1. The van der Waals surface area contributed by atoms with E-state index < -0.39 is 23.2 Å². The van der Waals surface area contributed by atoms with Gasteiger partial charge in [-0.2, -0.15) is 0 Å². The van der Waals surface area contributed by atoms with E-state index in [4.69, 9.17) is 4.74 Å². The van der Waals surface area contributed by atoms with Crippen LogP contribution in [0.3, 0.4) is 0 Å². The van der Waals surface area contributed by atoms with Gasteiger partial charge < -0.3 is 4.74 Å². The minimum atomic E-state index is -0.909. The monoisotopic (exact) mass is 325 g/mol. The topological polar surface area (TPSA) is 63.7 Å². The van der Waals surface area contributed by atoms with Crippen LogP contribution in [0.4, 0.5) is 4.79 Å². The maximum Gasteiger partial charge on any atom is 0.329 e. The second-order valence-electron chi connectivity index (χ2n) is 4.45. The van der Waals surface area contributed by atoms with E-state index in [0.717, 1.165) is 27.1 Å². The Balaban J connectivity index is 2.23. The van der Waals surface area contributed by atoms with E-state index in [9.17, 15) is 14.4 Å². The molecular weight excluding hydrogens is 310 g/mol. The molecule has 7 heteroatoms. The Kier molecular flexibility index (Phi) is 4.84. The Morgan fingerprint density at radius 1 is 1.48 bits per heavy atom. The third kappa shape index (κ3) is 3.19. The number of thiophene rings is 1. The molecule has 0 unspecified atom stereocenters. The van der Waals surface area contributed by atoms with Crippen molar-refractivity contribution in [3.05, 3.63) is 26.8 Å². The zero-order valence-corrected chi connectivity index (χ0v) is 13.5. The normalized spacial score (nSPS) is 18.4. The second-order valence-corrected chi connectivity index (χ2v) is 6.39. The fourth-order valence-electron chi connectivity index (χ4n) is 1.83. The average molecular weight is 325 g/mol. The van der Waals surface area contributed by atoms with Crippen LogP contribution >= 0.6 is 23.1 Å². The van der Waals surface area contributed by atoms with Gasteiger partial charge in [-0.25, -0.2) is 4.79 Å². The lowest BCUT2D eigenvalue weighted by Gasteiger charge is -2.19. The zero-order chi connectivity index (χ0) is 15.6. The summed E-state index contributed by atoms with van der Waals surface area (Å²) in [4.78, 5) is 38.2. The zero-order valence-electron chi connectivity index (χ0n) is 11.9. The summed E-state index contributed by atoms with van der Waals surface area (Å²) in [5.74, 6) is -1.02. The lowest BCUT2D eigenvalue weighted by molar-refractivity contribution is -0.150. The molecule has 0 saturated carbocycles. The highest BCUT2D eigenvalue weighted by molar-refractivity contribution is 8.18. The summed E-state index contributed by atoms with van der Waals surface area (Å²) in [5.41, 5.74) is 1.05. The molecule has 2 heterocycles. The lowest BCUT2D eigenvalue weighted by atomic mass is 10.2. The molecule has 5 nitrogen and oxygen atoms in total. The highest BCUT2D eigenvalue weighted by atomic mass is 32.2. The van der Waals surface area contributed by atoms with Crippen LogP contribution in [0.5, 0.6) is 0 Å². The maximum absolute atomic E-state index is 12.3. The predicted molar refractivity (Wildman–Crippen MR) is 83.0 cm³/mol. The number of esters is 1. The number of ether oxygens (including phenoxy) is 1. The molecule has 1 saturated heterocycles. The van der Waals surface area contributed by atoms with E-state index in [0.29, 0.717) is 4.91 Å². The number of rotatable bonds is 4. The highest BCUT2D eigenvalue weighted by Gasteiger charge is 2.41. The first kappa shape index (κ1) is 15.8. The molecule has 1 aliphatic heterocycles. The first-order chi connectivity index (χ1) is 9.95. The summed E-state index contributed by atoms with van der Waals surface area (Å²) in [6.07, 6.45) is 1.70. The van der Waals surface area contributed by atoms with Crippen molar-refractivity contribution in [2.75, 3.05) is 6.61 Å². The van der Waals surface area contributed by atoms with Crippen LogP contribution in [0.1, 0.15) is 24.3 Å². The van der Waals surface area contributed by atoms with Gasteiger partial charge in [0.15, 0.2) is 0 Å². The number of imide groups is 1. The molecule has 2 rings (SSSR count). The first-order valence-electron chi connectivity index (χ1n) is 6.43. The smallest absolute Gasteiger partial charge is 0.329 e. The second kappa shape index (κ2) is 6.44. The number of amides is 2. The van der Waals surface area contributed by atoms with Crippen molar-refractivity contribution < 1.29 is 19.1 Å². The SMILES string of the molecule is CCOC(=O)[C@@H](C)N1C(=O)S/C(=C/c2sccc2C)C1=O. The molecule has 1 aromatic heterocycles. The number of hydrogen-bond donors (Lipinski definition) is 0. The fourth-order valence-corrected chi connectivity index (χ4v) is 3.66. The van der Waals surface area contributed by atoms with Gasteiger partial charge in [-0.05, 0) is 55.6 Å². The highest BCUT2D eigenvalue weighted by Crippen LogP contribution is 2.35. The molecule has 0 aromatic carbocycles. The average Bonchev–Trinajstić information content (AvgIpc) is 2.95. The Bertz CT molecular complexity index is 620. The van der Waals surface area contributed by atoms with Crippen molar-refractivity contribution in [3.8, 4) is 0 Å². The molecule has 2 amide bonds. The number of thioether (sulfide) groups is 1. The summed E-state index contributed by atoms with van der Waals surface area (Å²) in [6.45, 7) is 5.32. The maximum atomic E-state index is 12.3. The van der Waals surface area contributed by atoms with Gasteiger partial charge in [-0.15, -0.1) is 11.3 Å². The van der Waals surface area contributed by atoms with Gasteiger partial charge in [0.2, 0.25) is 0 Å². The summed E-state index contributed by atoms with van der Waals surface area (Å²) in [6, 6.07) is 1.04. The van der Waals surface area contributed by atoms with Crippen LogP contribution in [0, 0.1) is 6.92 Å². The number of carbonyl (C=O) groups excluding carboxylic acids is 3. The molecule has 0 bridgehead atoms. The van der Waals surface area contributed by atoms with E-state index >= 15 is 0 Å². The van der Waals surface area contributed by atoms with Gasteiger partial charge in [0.25, 0.3) is 11.1 Å². The Labute approximate surface area is 131 Å². The standard InChI is InChI=1S/C14H15NO4S2/c1-4-19-13(17)9(3)15-12(16)11(21-14(15)18)7-10-8(2)5-6-20-10/h5-7,9H,4H2,1-3H3/b11-7+/t9-/m1/s1. The van der Waals surface area contributed by atoms with Crippen LogP contribution in [0.2, 0.25) is 0 Å². The minimum Gasteiger partial charge on any atom is -0.464 e. The van der Waals surface area contributed by atoms with Gasteiger partial charge >= 0.3 is 5.97 Å². The van der Waals surface area contributed by atoms with Crippen molar-refractivity contribution in [2.24, 2.45) is 0 Å². The van der Waals surface area contributed by atoms with Crippen LogP contribution in [0.25, 0.3) is 6.08 Å². The van der Waals surface area contributed by atoms with Gasteiger partial charge in [0, 0.05) is 4.88 Å². The van der Waals surface area contributed by atoms with Crippen molar-refractivity contribution >= 4 is 46.3 Å². The molecule has 1 fully saturated rings. The van der Waals surface area contributed by atoms with E-state index in [1.165, 1.54) is 18.3 Å². The van der Waals surface area contributed by atoms with Crippen molar-refractivity contribution in [1.29, 1.82) is 0 Å². The number of nitrogens with zero attached hydrogens (tertiary/aromatic N) is 1. The van der Waals surface area contributed by atoms with Gasteiger partial charge in [-0.3, -0.25) is 14.5 Å². The summed E-state index contributed by atoms with van der Waals surface area (Å²) < 4.78 is 4.86. The van der Waals surface area contributed by atoms with E-state index in [1.807, 2.05) is 18.4 Å². The molecular formula is C14H15NO4S2. The molecule has 1 atom stereocenters. The van der Waals surface area contributed by atoms with E-state index in [1.54, 1.807) is 13.0 Å². The van der Waals surface area contributed by atoms with Crippen LogP contribution < -0.4 is 0 Å². The summed E-state index contributed by atoms with van der Waals surface area (Å²) in [5, 5.41) is 1.48. The van der Waals surface area contributed by atoms with Crippen LogP contribution in [-0.4, -0.2) is 34.7 Å². The number of carbonyl (C=O) groups is 3. The quantitative estimate of drug-likeness (QED) is 0.629. The Morgan fingerprint density at radius 3 is 2.76 bits per heavy atom. The van der Waals surface area contributed by atoms with Gasteiger partial charge in [0.05, 0.1) is 11.5 Å². The van der Waals surface area contributed by atoms with Gasteiger partial charge in [-0.1, -0.05) is 0 Å². The molecule has 0 N–H and O–H groups in total.